The van der Waals surface area contributed by atoms with Crippen LogP contribution in [0.4, 0.5) is 5.69 Å². The maximum atomic E-state index is 12.5. The van der Waals surface area contributed by atoms with Gasteiger partial charge in [0.1, 0.15) is 0 Å². The van der Waals surface area contributed by atoms with E-state index in [-0.39, 0.29) is 23.4 Å². The number of nitrogens with zero attached hydrogens (tertiary/aromatic N) is 1. The number of hydrogen-bond acceptors (Lipinski definition) is 4. The van der Waals surface area contributed by atoms with Gasteiger partial charge in [0, 0.05) is 24.8 Å². The second-order valence-corrected chi connectivity index (χ2v) is 8.11. The van der Waals surface area contributed by atoms with Crippen molar-refractivity contribution >= 4 is 21.6 Å². The van der Waals surface area contributed by atoms with Gasteiger partial charge in [0.15, 0.2) is 0 Å². The third kappa shape index (κ3) is 5.63. The minimum atomic E-state index is -3.46. The summed E-state index contributed by atoms with van der Waals surface area (Å²) in [6.07, 6.45) is 0. The average Bonchev–Trinajstić information content (AvgIpc) is 2.67. The summed E-state index contributed by atoms with van der Waals surface area (Å²) in [5.74, 6) is -0.131. The number of benzene rings is 2. The molecule has 1 amide bonds. The quantitative estimate of drug-likeness (QED) is 0.691. The first-order valence-corrected chi connectivity index (χ1v) is 10.5. The molecule has 0 spiro atoms. The summed E-state index contributed by atoms with van der Waals surface area (Å²) >= 11 is 0. The molecular formula is C20H27N3O3S. The largest absolute Gasteiger partial charge is 0.325 e. The second kappa shape index (κ2) is 9.64. The van der Waals surface area contributed by atoms with E-state index in [2.05, 4.69) is 10.6 Å². The zero-order valence-corrected chi connectivity index (χ0v) is 16.8. The zero-order valence-electron chi connectivity index (χ0n) is 16.0. The van der Waals surface area contributed by atoms with E-state index in [1.54, 1.807) is 24.3 Å². The second-order valence-electron chi connectivity index (χ2n) is 6.18. The van der Waals surface area contributed by atoms with Crippen molar-refractivity contribution in [1.29, 1.82) is 0 Å². The van der Waals surface area contributed by atoms with Crippen LogP contribution in [0.2, 0.25) is 0 Å². The summed E-state index contributed by atoms with van der Waals surface area (Å²) in [4.78, 5) is 12.3. The number of rotatable bonds is 9. The Morgan fingerprint density at radius 3 is 2.15 bits per heavy atom. The van der Waals surface area contributed by atoms with Gasteiger partial charge in [-0.2, -0.15) is 4.31 Å². The number of anilines is 1. The molecule has 0 fully saturated rings. The first-order chi connectivity index (χ1) is 12.9. The highest BCUT2D eigenvalue weighted by atomic mass is 32.2. The monoisotopic (exact) mass is 389 g/mol. The fourth-order valence-corrected chi connectivity index (χ4v) is 4.19. The van der Waals surface area contributed by atoms with Crippen molar-refractivity contribution in [2.24, 2.45) is 0 Å². The number of carbonyl (C=O) groups is 1. The molecule has 0 aromatic heterocycles. The molecule has 0 unspecified atom stereocenters. The molecule has 0 saturated carbocycles. The lowest BCUT2D eigenvalue weighted by Crippen LogP contribution is -2.31. The normalized spacial score (nSPS) is 12.7. The zero-order chi connectivity index (χ0) is 19.9. The molecule has 2 N–H and O–H groups in total. The summed E-state index contributed by atoms with van der Waals surface area (Å²) in [6, 6.07) is 16.0. The molecule has 1 atom stereocenters. The SMILES string of the molecule is CCN(CC)S(=O)(=O)c1ccc([C@H](C)NCC(=O)Nc2ccccc2)cc1. The van der Waals surface area contributed by atoms with Crippen LogP contribution in [0.5, 0.6) is 0 Å². The van der Waals surface area contributed by atoms with Crippen LogP contribution >= 0.6 is 0 Å². The molecule has 0 aliphatic heterocycles. The predicted octanol–water partition coefficient (Wildman–Crippen LogP) is 3.01. The van der Waals surface area contributed by atoms with Gasteiger partial charge in [0.2, 0.25) is 15.9 Å². The fourth-order valence-electron chi connectivity index (χ4n) is 2.73. The Labute approximate surface area is 161 Å². The highest BCUT2D eigenvalue weighted by Gasteiger charge is 2.21. The first kappa shape index (κ1) is 21.1. The maximum absolute atomic E-state index is 12.5. The molecule has 6 nitrogen and oxygen atoms in total. The standard InChI is InChI=1S/C20H27N3O3S/c1-4-23(5-2)27(25,26)19-13-11-17(12-14-19)16(3)21-15-20(24)22-18-9-7-6-8-10-18/h6-14,16,21H,4-5,15H2,1-3H3,(H,22,24)/t16-/m0/s1. The molecule has 2 rings (SSSR count). The van der Waals surface area contributed by atoms with Gasteiger partial charge in [-0.3, -0.25) is 4.79 Å². The fraction of sp³-hybridized carbons (Fsp3) is 0.350. The van der Waals surface area contributed by atoms with Crippen LogP contribution in [0.15, 0.2) is 59.5 Å². The van der Waals surface area contributed by atoms with Gasteiger partial charge in [-0.15, -0.1) is 0 Å². The molecule has 2 aromatic rings. The van der Waals surface area contributed by atoms with Crippen LogP contribution in [-0.2, 0) is 14.8 Å². The summed E-state index contributed by atoms with van der Waals surface area (Å²) in [6.45, 7) is 6.62. The number of para-hydroxylation sites is 1. The van der Waals surface area contributed by atoms with Crippen LogP contribution < -0.4 is 10.6 Å². The smallest absolute Gasteiger partial charge is 0.243 e. The van der Waals surface area contributed by atoms with E-state index in [1.807, 2.05) is 51.1 Å². The van der Waals surface area contributed by atoms with Crippen LogP contribution in [-0.4, -0.2) is 38.3 Å². The van der Waals surface area contributed by atoms with Gasteiger partial charge in [0.05, 0.1) is 11.4 Å². The third-order valence-corrected chi connectivity index (χ3v) is 6.41. The Hall–Kier alpha value is -2.22. The van der Waals surface area contributed by atoms with Crippen molar-refractivity contribution in [2.45, 2.75) is 31.7 Å². The maximum Gasteiger partial charge on any atom is 0.243 e. The minimum Gasteiger partial charge on any atom is -0.325 e. The molecule has 146 valence electrons. The molecule has 0 heterocycles. The van der Waals surface area contributed by atoms with E-state index in [0.717, 1.165) is 11.3 Å². The Bertz CT molecular complexity index is 833. The molecule has 0 bridgehead atoms. The summed E-state index contributed by atoms with van der Waals surface area (Å²) in [5, 5.41) is 5.97. The predicted molar refractivity (Wildman–Crippen MR) is 108 cm³/mol. The molecule has 0 aliphatic carbocycles. The lowest BCUT2D eigenvalue weighted by Gasteiger charge is -2.19. The highest BCUT2D eigenvalue weighted by molar-refractivity contribution is 7.89. The van der Waals surface area contributed by atoms with Crippen LogP contribution in [0.3, 0.4) is 0 Å². The Morgan fingerprint density at radius 1 is 1.00 bits per heavy atom. The summed E-state index contributed by atoms with van der Waals surface area (Å²) in [7, 11) is -3.46. The number of sulfonamides is 1. The molecule has 27 heavy (non-hydrogen) atoms. The van der Waals surface area contributed by atoms with Crippen molar-refractivity contribution in [3.8, 4) is 0 Å². The van der Waals surface area contributed by atoms with Gasteiger partial charge in [-0.05, 0) is 36.8 Å². The molecule has 0 aliphatic rings. The van der Waals surface area contributed by atoms with E-state index in [1.165, 1.54) is 4.31 Å². The van der Waals surface area contributed by atoms with E-state index in [0.29, 0.717) is 13.1 Å². The van der Waals surface area contributed by atoms with E-state index in [4.69, 9.17) is 0 Å². The van der Waals surface area contributed by atoms with Gasteiger partial charge in [-0.1, -0.05) is 44.2 Å². The lowest BCUT2D eigenvalue weighted by atomic mass is 10.1. The summed E-state index contributed by atoms with van der Waals surface area (Å²) < 4.78 is 26.5. The van der Waals surface area contributed by atoms with E-state index >= 15 is 0 Å². The Balaban J connectivity index is 1.95. The molecule has 2 aromatic carbocycles. The van der Waals surface area contributed by atoms with Gasteiger partial charge in [-0.25, -0.2) is 8.42 Å². The van der Waals surface area contributed by atoms with Crippen LogP contribution in [0.1, 0.15) is 32.4 Å². The van der Waals surface area contributed by atoms with Crippen molar-refractivity contribution in [3.05, 3.63) is 60.2 Å². The minimum absolute atomic E-state index is 0.0864. The van der Waals surface area contributed by atoms with Crippen molar-refractivity contribution in [3.63, 3.8) is 0 Å². The van der Waals surface area contributed by atoms with Crippen molar-refractivity contribution in [2.75, 3.05) is 25.0 Å². The number of carbonyl (C=O) groups excluding carboxylic acids is 1. The molecule has 0 saturated heterocycles. The number of hydrogen-bond donors (Lipinski definition) is 2. The Morgan fingerprint density at radius 2 is 1.59 bits per heavy atom. The topological polar surface area (TPSA) is 78.5 Å². The third-order valence-electron chi connectivity index (χ3n) is 4.35. The van der Waals surface area contributed by atoms with Gasteiger partial charge < -0.3 is 10.6 Å². The molecule has 7 heteroatoms. The van der Waals surface area contributed by atoms with Crippen LogP contribution in [0.25, 0.3) is 0 Å². The van der Waals surface area contributed by atoms with Gasteiger partial charge in [0.25, 0.3) is 0 Å². The van der Waals surface area contributed by atoms with E-state index in [9.17, 15) is 13.2 Å². The van der Waals surface area contributed by atoms with Crippen LogP contribution in [0, 0.1) is 0 Å². The van der Waals surface area contributed by atoms with Crippen molar-refractivity contribution < 1.29 is 13.2 Å². The highest BCUT2D eigenvalue weighted by Crippen LogP contribution is 2.19. The van der Waals surface area contributed by atoms with E-state index < -0.39 is 10.0 Å². The van der Waals surface area contributed by atoms with Gasteiger partial charge >= 0.3 is 0 Å². The summed E-state index contributed by atoms with van der Waals surface area (Å²) in [5.41, 5.74) is 1.67. The Kier molecular flexibility index (Phi) is 7.53. The molecular weight excluding hydrogens is 362 g/mol. The average molecular weight is 390 g/mol. The molecule has 0 radical (unpaired) electrons. The number of nitrogens with one attached hydrogen (secondary N) is 2. The van der Waals surface area contributed by atoms with Crippen molar-refractivity contribution in [1.82, 2.24) is 9.62 Å². The number of amides is 1. The lowest BCUT2D eigenvalue weighted by molar-refractivity contribution is -0.115. The first-order valence-electron chi connectivity index (χ1n) is 9.06.